The van der Waals surface area contributed by atoms with E-state index in [1.807, 2.05) is 30.3 Å². The van der Waals surface area contributed by atoms with Gasteiger partial charge in [0, 0.05) is 18.3 Å². The molecule has 3 aromatic rings. The fraction of sp³-hybridized carbons (Fsp3) is 0.0909. The van der Waals surface area contributed by atoms with Crippen LogP contribution in [0, 0.1) is 0 Å². The summed E-state index contributed by atoms with van der Waals surface area (Å²) in [5, 5.41) is 5.56. The largest absolute Gasteiger partial charge is 0.459 e. The van der Waals surface area contributed by atoms with Crippen molar-refractivity contribution >= 4 is 23.6 Å². The van der Waals surface area contributed by atoms with Gasteiger partial charge in [-0.05, 0) is 53.6 Å². The van der Waals surface area contributed by atoms with Gasteiger partial charge < -0.3 is 24.5 Å². The predicted molar refractivity (Wildman–Crippen MR) is 107 cm³/mol. The molecule has 7 nitrogen and oxygen atoms in total. The number of rotatable bonds is 6. The Hall–Kier alpha value is -4.00. The predicted octanol–water partition coefficient (Wildman–Crippen LogP) is 3.59. The van der Waals surface area contributed by atoms with Crippen molar-refractivity contribution in [2.75, 3.05) is 12.1 Å². The number of carbonyl (C=O) groups excluding carboxylic acids is 2. The highest BCUT2D eigenvalue weighted by Crippen LogP contribution is 2.32. The van der Waals surface area contributed by atoms with E-state index in [0.29, 0.717) is 23.7 Å². The second-order valence-corrected chi connectivity index (χ2v) is 6.29. The molecule has 2 heterocycles. The number of amides is 2. The molecule has 0 spiro atoms. The maximum absolute atomic E-state index is 12.0. The zero-order chi connectivity index (χ0) is 20.1. The Kier molecular flexibility index (Phi) is 5.29. The van der Waals surface area contributed by atoms with Crippen molar-refractivity contribution in [1.29, 1.82) is 0 Å². The van der Waals surface area contributed by atoms with Gasteiger partial charge in [0.2, 0.25) is 12.7 Å². The van der Waals surface area contributed by atoms with E-state index in [1.54, 1.807) is 30.3 Å². The molecule has 4 rings (SSSR count). The number of carbonyl (C=O) groups is 2. The summed E-state index contributed by atoms with van der Waals surface area (Å²) in [7, 11) is 0. The van der Waals surface area contributed by atoms with Crippen molar-refractivity contribution in [3.8, 4) is 11.5 Å². The molecule has 29 heavy (non-hydrogen) atoms. The number of ether oxygens (including phenoxy) is 2. The first-order chi connectivity index (χ1) is 14.2. The monoisotopic (exact) mass is 390 g/mol. The quantitative estimate of drug-likeness (QED) is 0.628. The van der Waals surface area contributed by atoms with E-state index in [-0.39, 0.29) is 24.4 Å². The van der Waals surface area contributed by atoms with E-state index in [1.165, 1.54) is 12.3 Å². The van der Waals surface area contributed by atoms with Gasteiger partial charge in [-0.1, -0.05) is 18.2 Å². The Balaban J connectivity index is 1.27. The summed E-state index contributed by atoms with van der Waals surface area (Å²) in [4.78, 5) is 24.0. The summed E-state index contributed by atoms with van der Waals surface area (Å²) in [5.41, 5.74) is 2.40. The second kappa shape index (κ2) is 8.35. The maximum atomic E-state index is 12.0. The number of benzene rings is 2. The van der Waals surface area contributed by atoms with Gasteiger partial charge in [0.1, 0.15) is 0 Å². The van der Waals surface area contributed by atoms with Crippen LogP contribution in [0.2, 0.25) is 0 Å². The van der Waals surface area contributed by atoms with Gasteiger partial charge in [0.15, 0.2) is 17.3 Å². The van der Waals surface area contributed by atoms with Gasteiger partial charge in [-0.3, -0.25) is 9.59 Å². The average molecular weight is 390 g/mol. The lowest BCUT2D eigenvalue weighted by atomic mass is 10.2. The molecule has 1 aliphatic heterocycles. The highest BCUT2D eigenvalue weighted by Gasteiger charge is 2.12. The lowest BCUT2D eigenvalue weighted by Crippen LogP contribution is -2.20. The fourth-order valence-corrected chi connectivity index (χ4v) is 2.74. The molecule has 0 bridgehead atoms. The highest BCUT2D eigenvalue weighted by molar-refractivity contribution is 6.02. The zero-order valence-corrected chi connectivity index (χ0v) is 15.4. The molecule has 146 valence electrons. The van der Waals surface area contributed by atoms with E-state index in [9.17, 15) is 9.59 Å². The molecular weight excluding hydrogens is 372 g/mol. The van der Waals surface area contributed by atoms with E-state index in [0.717, 1.165) is 11.1 Å². The average Bonchev–Trinajstić information content (AvgIpc) is 3.43. The molecule has 0 saturated heterocycles. The molecule has 0 atom stereocenters. The van der Waals surface area contributed by atoms with E-state index in [2.05, 4.69) is 10.6 Å². The third-order valence-electron chi connectivity index (χ3n) is 4.25. The van der Waals surface area contributed by atoms with Gasteiger partial charge in [-0.15, -0.1) is 0 Å². The zero-order valence-electron chi connectivity index (χ0n) is 15.4. The topological polar surface area (TPSA) is 89.8 Å². The summed E-state index contributed by atoms with van der Waals surface area (Å²) < 4.78 is 15.6. The minimum Gasteiger partial charge on any atom is -0.459 e. The summed E-state index contributed by atoms with van der Waals surface area (Å²) >= 11 is 0. The molecule has 2 N–H and O–H groups in total. The summed E-state index contributed by atoms with van der Waals surface area (Å²) in [6.07, 6.45) is 4.63. The second-order valence-electron chi connectivity index (χ2n) is 6.29. The normalized spacial score (nSPS) is 12.1. The lowest BCUT2D eigenvalue weighted by molar-refractivity contribution is -0.116. The first-order valence-corrected chi connectivity index (χ1v) is 8.97. The van der Waals surface area contributed by atoms with Gasteiger partial charge >= 0.3 is 0 Å². The number of furan rings is 1. The standard InChI is InChI=1S/C22H18N2O5/c25-21(10-6-15-5-9-18-20(12-15)29-14-28-18)23-13-16-3-7-17(8-4-16)24-22(26)19-2-1-11-27-19/h1-12H,13-14H2,(H,23,25)(H,24,26)/b10-6+. The number of fused-ring (bicyclic) bond motifs is 1. The minimum absolute atomic E-state index is 0.210. The van der Waals surface area contributed by atoms with Crippen LogP contribution in [0.1, 0.15) is 21.7 Å². The number of anilines is 1. The van der Waals surface area contributed by atoms with Crippen LogP contribution in [-0.4, -0.2) is 18.6 Å². The number of hydrogen-bond donors (Lipinski definition) is 2. The van der Waals surface area contributed by atoms with Gasteiger partial charge in [0.25, 0.3) is 5.91 Å². The van der Waals surface area contributed by atoms with Crippen LogP contribution in [0.5, 0.6) is 11.5 Å². The van der Waals surface area contributed by atoms with Crippen LogP contribution in [0.3, 0.4) is 0 Å². The van der Waals surface area contributed by atoms with Crippen molar-refractivity contribution in [3.63, 3.8) is 0 Å². The molecule has 0 fully saturated rings. The molecule has 0 aliphatic carbocycles. The Labute approximate surface area is 166 Å². The highest BCUT2D eigenvalue weighted by atomic mass is 16.7. The number of hydrogen-bond acceptors (Lipinski definition) is 5. The van der Waals surface area contributed by atoms with E-state index >= 15 is 0 Å². The summed E-state index contributed by atoms with van der Waals surface area (Å²) in [5.74, 6) is 1.10. The maximum Gasteiger partial charge on any atom is 0.291 e. The Bertz CT molecular complexity index is 1040. The molecule has 7 heteroatoms. The molecule has 1 aromatic heterocycles. The van der Waals surface area contributed by atoms with Crippen LogP contribution >= 0.6 is 0 Å². The summed E-state index contributed by atoms with van der Waals surface area (Å²) in [6.45, 7) is 0.588. The van der Waals surface area contributed by atoms with Crippen LogP contribution < -0.4 is 20.1 Å². The number of nitrogens with one attached hydrogen (secondary N) is 2. The molecule has 1 aliphatic rings. The third-order valence-corrected chi connectivity index (χ3v) is 4.25. The summed E-state index contributed by atoms with van der Waals surface area (Å²) in [6, 6.07) is 15.9. The molecule has 2 aromatic carbocycles. The first kappa shape index (κ1) is 18.4. The van der Waals surface area contributed by atoms with Crippen molar-refractivity contribution in [1.82, 2.24) is 5.32 Å². The van der Waals surface area contributed by atoms with Crippen molar-refractivity contribution in [2.45, 2.75) is 6.54 Å². The molecule has 0 unspecified atom stereocenters. The van der Waals surface area contributed by atoms with Gasteiger partial charge in [-0.25, -0.2) is 0 Å². The van der Waals surface area contributed by atoms with Crippen LogP contribution in [0.4, 0.5) is 5.69 Å². The first-order valence-electron chi connectivity index (χ1n) is 8.97. The molecule has 0 saturated carbocycles. The Morgan fingerprint density at radius 1 is 1.00 bits per heavy atom. The van der Waals surface area contributed by atoms with Gasteiger partial charge in [0.05, 0.1) is 6.26 Å². The molecule has 2 amide bonds. The smallest absolute Gasteiger partial charge is 0.291 e. The minimum atomic E-state index is -0.315. The van der Waals surface area contributed by atoms with Gasteiger partial charge in [-0.2, -0.15) is 0 Å². The van der Waals surface area contributed by atoms with Crippen molar-refractivity contribution in [3.05, 3.63) is 83.8 Å². The third kappa shape index (κ3) is 4.65. The van der Waals surface area contributed by atoms with Crippen molar-refractivity contribution in [2.24, 2.45) is 0 Å². The van der Waals surface area contributed by atoms with Crippen LogP contribution in [0.25, 0.3) is 6.08 Å². The van der Waals surface area contributed by atoms with Crippen LogP contribution in [-0.2, 0) is 11.3 Å². The lowest BCUT2D eigenvalue weighted by Gasteiger charge is -2.06. The Morgan fingerprint density at radius 2 is 1.83 bits per heavy atom. The Morgan fingerprint density at radius 3 is 2.62 bits per heavy atom. The van der Waals surface area contributed by atoms with E-state index in [4.69, 9.17) is 13.9 Å². The molecular formula is C22H18N2O5. The fourth-order valence-electron chi connectivity index (χ4n) is 2.74. The SMILES string of the molecule is O=C(/C=C/c1ccc2c(c1)OCO2)NCc1ccc(NC(=O)c2ccco2)cc1. The van der Waals surface area contributed by atoms with E-state index < -0.39 is 0 Å². The molecule has 0 radical (unpaired) electrons. The van der Waals surface area contributed by atoms with Crippen LogP contribution in [0.15, 0.2) is 71.4 Å². The van der Waals surface area contributed by atoms with Crippen molar-refractivity contribution < 1.29 is 23.5 Å².